The van der Waals surface area contributed by atoms with Crippen molar-refractivity contribution in [2.45, 2.75) is 27.2 Å². The smallest absolute Gasteiger partial charge is 0.174 e. The van der Waals surface area contributed by atoms with Crippen molar-refractivity contribution in [1.29, 1.82) is 0 Å². The SMILES string of the molecule is C.Cc1ccc(F)c(CC(=O)Cc2ccc(-c3cccn4nnc(N)c34)cc2)c1. The van der Waals surface area contributed by atoms with E-state index in [1.807, 2.05) is 43.3 Å². The number of hydrogen-bond donors (Lipinski definition) is 1. The van der Waals surface area contributed by atoms with Gasteiger partial charge in [-0.05, 0) is 35.7 Å². The summed E-state index contributed by atoms with van der Waals surface area (Å²) in [4.78, 5) is 12.4. The monoisotopic (exact) mass is 390 g/mol. The largest absolute Gasteiger partial charge is 0.380 e. The Morgan fingerprint density at radius 2 is 1.86 bits per heavy atom. The molecule has 0 spiro atoms. The molecule has 5 nitrogen and oxygen atoms in total. The quantitative estimate of drug-likeness (QED) is 0.548. The Kier molecular flexibility index (Phi) is 5.73. The van der Waals surface area contributed by atoms with Gasteiger partial charge in [0.05, 0.1) is 0 Å². The Morgan fingerprint density at radius 3 is 2.62 bits per heavy atom. The molecule has 0 saturated carbocycles. The number of nitrogen functional groups attached to an aromatic ring is 1. The molecule has 2 N–H and O–H groups in total. The van der Waals surface area contributed by atoms with Crippen molar-refractivity contribution in [2.75, 3.05) is 5.73 Å². The molecule has 0 fully saturated rings. The number of anilines is 1. The van der Waals surface area contributed by atoms with Crippen LogP contribution < -0.4 is 5.73 Å². The molecule has 0 unspecified atom stereocenters. The number of carbonyl (C=O) groups excluding carboxylic acids is 1. The Hall–Kier alpha value is -3.54. The first-order valence-electron chi connectivity index (χ1n) is 8.97. The highest BCUT2D eigenvalue weighted by Crippen LogP contribution is 2.27. The van der Waals surface area contributed by atoms with Gasteiger partial charge >= 0.3 is 0 Å². The highest BCUT2D eigenvalue weighted by Gasteiger charge is 2.12. The van der Waals surface area contributed by atoms with Crippen molar-refractivity contribution in [3.05, 3.63) is 83.3 Å². The van der Waals surface area contributed by atoms with Crippen LogP contribution in [0.4, 0.5) is 10.2 Å². The van der Waals surface area contributed by atoms with Gasteiger partial charge in [-0.3, -0.25) is 4.79 Å². The molecule has 0 amide bonds. The maximum Gasteiger partial charge on any atom is 0.174 e. The number of aromatic nitrogens is 3. The lowest BCUT2D eigenvalue weighted by Crippen LogP contribution is -2.08. The van der Waals surface area contributed by atoms with E-state index >= 15 is 0 Å². The van der Waals surface area contributed by atoms with Crippen LogP contribution in [0.25, 0.3) is 16.6 Å². The third-order valence-electron chi connectivity index (χ3n) is 4.72. The number of pyridine rings is 1. The minimum atomic E-state index is -0.339. The maximum absolute atomic E-state index is 13.9. The average molecular weight is 390 g/mol. The van der Waals surface area contributed by atoms with Gasteiger partial charge in [0, 0.05) is 24.6 Å². The highest BCUT2D eigenvalue weighted by molar-refractivity contribution is 5.87. The summed E-state index contributed by atoms with van der Waals surface area (Å²) in [5.41, 5.74) is 10.8. The second-order valence-electron chi connectivity index (χ2n) is 6.87. The first-order valence-corrected chi connectivity index (χ1v) is 8.97. The molecule has 2 aromatic heterocycles. The normalized spacial score (nSPS) is 10.7. The van der Waals surface area contributed by atoms with Crippen molar-refractivity contribution >= 4 is 17.1 Å². The lowest BCUT2D eigenvalue weighted by molar-refractivity contribution is -0.117. The van der Waals surface area contributed by atoms with Crippen molar-refractivity contribution in [1.82, 2.24) is 14.8 Å². The second kappa shape index (κ2) is 8.22. The van der Waals surface area contributed by atoms with Crippen LogP contribution in [0.5, 0.6) is 0 Å². The number of carbonyl (C=O) groups is 1. The molecule has 4 aromatic rings. The zero-order valence-electron chi connectivity index (χ0n) is 15.4. The number of Topliss-reactive ketones (excluding diaryl/α,β-unsaturated/α-hetero) is 1. The predicted molar refractivity (Wildman–Crippen MR) is 113 cm³/mol. The van der Waals surface area contributed by atoms with Gasteiger partial charge in [0.1, 0.15) is 17.1 Å². The van der Waals surface area contributed by atoms with E-state index in [1.165, 1.54) is 6.07 Å². The summed E-state index contributed by atoms with van der Waals surface area (Å²) in [5.74, 6) is 0.00743. The zero-order chi connectivity index (χ0) is 19.7. The number of nitrogens with zero attached hydrogens (tertiary/aromatic N) is 3. The van der Waals surface area contributed by atoms with E-state index in [0.717, 1.165) is 27.8 Å². The molecule has 0 atom stereocenters. The summed E-state index contributed by atoms with van der Waals surface area (Å²) in [6.45, 7) is 1.88. The van der Waals surface area contributed by atoms with Gasteiger partial charge in [-0.1, -0.05) is 60.7 Å². The summed E-state index contributed by atoms with van der Waals surface area (Å²) in [5, 5.41) is 7.89. The molecule has 4 rings (SSSR count). The topological polar surface area (TPSA) is 73.3 Å². The predicted octanol–water partition coefficient (Wildman–Crippen LogP) is 4.42. The Bertz CT molecular complexity index is 1170. The van der Waals surface area contributed by atoms with Crippen LogP contribution in [0.1, 0.15) is 24.1 Å². The number of aryl methyl sites for hydroxylation is 1. The number of hydrogen-bond acceptors (Lipinski definition) is 4. The van der Waals surface area contributed by atoms with Crippen molar-refractivity contribution in [3.63, 3.8) is 0 Å². The van der Waals surface area contributed by atoms with Crippen LogP contribution in [-0.4, -0.2) is 20.6 Å². The van der Waals surface area contributed by atoms with Gasteiger partial charge in [-0.25, -0.2) is 8.91 Å². The molecular formula is C23H23FN4O. The van der Waals surface area contributed by atoms with Gasteiger partial charge in [-0.15, -0.1) is 5.10 Å². The van der Waals surface area contributed by atoms with Crippen LogP contribution in [-0.2, 0) is 17.6 Å². The van der Waals surface area contributed by atoms with Crippen LogP contribution in [0.3, 0.4) is 0 Å². The molecule has 0 aliphatic carbocycles. The minimum absolute atomic E-state index is 0. The molecule has 6 heteroatoms. The van der Waals surface area contributed by atoms with Crippen LogP contribution in [0.15, 0.2) is 60.8 Å². The van der Waals surface area contributed by atoms with Gasteiger partial charge in [0.25, 0.3) is 0 Å². The molecular weight excluding hydrogens is 367 g/mol. The van der Waals surface area contributed by atoms with Crippen LogP contribution >= 0.6 is 0 Å². The number of benzene rings is 2. The summed E-state index contributed by atoms with van der Waals surface area (Å²) >= 11 is 0. The first kappa shape index (κ1) is 20.2. The van der Waals surface area contributed by atoms with E-state index in [4.69, 9.17) is 5.73 Å². The van der Waals surface area contributed by atoms with E-state index in [2.05, 4.69) is 10.3 Å². The fourth-order valence-electron chi connectivity index (χ4n) is 3.35. The highest BCUT2D eigenvalue weighted by atomic mass is 19.1. The van der Waals surface area contributed by atoms with E-state index in [-0.39, 0.29) is 31.9 Å². The van der Waals surface area contributed by atoms with Crippen molar-refractivity contribution in [3.8, 4) is 11.1 Å². The van der Waals surface area contributed by atoms with E-state index in [9.17, 15) is 9.18 Å². The zero-order valence-corrected chi connectivity index (χ0v) is 15.4. The molecule has 0 radical (unpaired) electrons. The first-order chi connectivity index (χ1) is 13.5. The molecule has 0 saturated heterocycles. The van der Waals surface area contributed by atoms with Crippen molar-refractivity contribution < 1.29 is 9.18 Å². The molecule has 2 heterocycles. The maximum atomic E-state index is 13.9. The standard InChI is InChI=1S/C22H19FN4O.CH4/c1-14-4-9-20(23)17(11-14)13-18(28)12-15-5-7-16(8-6-15)19-3-2-10-27-21(19)22(24)25-26-27;/h2-11H,12-13,24H2,1H3;1H4. The Balaban J connectivity index is 0.00000240. The Labute approximate surface area is 169 Å². The van der Waals surface area contributed by atoms with Gasteiger partial charge in [0.15, 0.2) is 5.82 Å². The third-order valence-corrected chi connectivity index (χ3v) is 4.72. The number of fused-ring (bicyclic) bond motifs is 1. The van der Waals surface area contributed by atoms with Crippen LogP contribution in [0.2, 0.25) is 0 Å². The Morgan fingerprint density at radius 1 is 1.10 bits per heavy atom. The fourth-order valence-corrected chi connectivity index (χ4v) is 3.35. The van der Waals surface area contributed by atoms with Gasteiger partial charge < -0.3 is 5.73 Å². The van der Waals surface area contributed by atoms with E-state index < -0.39 is 0 Å². The van der Waals surface area contributed by atoms with Crippen LogP contribution in [0, 0.1) is 12.7 Å². The number of rotatable bonds is 5. The minimum Gasteiger partial charge on any atom is -0.380 e. The molecule has 0 aliphatic rings. The average Bonchev–Trinajstić information content (AvgIpc) is 3.07. The van der Waals surface area contributed by atoms with Crippen molar-refractivity contribution in [2.24, 2.45) is 0 Å². The summed E-state index contributed by atoms with van der Waals surface area (Å²) < 4.78 is 15.5. The lowest BCUT2D eigenvalue weighted by Gasteiger charge is -2.07. The third kappa shape index (κ3) is 4.16. The molecule has 0 aliphatic heterocycles. The summed E-state index contributed by atoms with van der Waals surface area (Å²) in [7, 11) is 0. The summed E-state index contributed by atoms with van der Waals surface area (Å²) in [6, 6.07) is 16.4. The van der Waals surface area contributed by atoms with Gasteiger partial charge in [0.2, 0.25) is 0 Å². The second-order valence-corrected chi connectivity index (χ2v) is 6.87. The molecule has 2 aromatic carbocycles. The lowest BCUT2D eigenvalue weighted by atomic mass is 9.98. The number of ketones is 1. The molecule has 148 valence electrons. The number of nitrogens with two attached hydrogens (primary N) is 1. The van der Waals surface area contributed by atoms with Gasteiger partial charge in [-0.2, -0.15) is 0 Å². The molecule has 0 bridgehead atoms. The van der Waals surface area contributed by atoms with E-state index in [1.54, 1.807) is 22.8 Å². The van der Waals surface area contributed by atoms with E-state index in [0.29, 0.717) is 11.4 Å². The summed E-state index contributed by atoms with van der Waals surface area (Å²) in [6.07, 6.45) is 2.14. The number of halogens is 1. The molecule has 29 heavy (non-hydrogen) atoms. The fraction of sp³-hybridized carbons (Fsp3) is 0.174.